The predicted molar refractivity (Wildman–Crippen MR) is 137 cm³/mol. The van der Waals surface area contributed by atoms with Crippen molar-refractivity contribution >= 4 is 38.9 Å². The van der Waals surface area contributed by atoms with E-state index in [9.17, 15) is 26.4 Å². The summed E-state index contributed by atoms with van der Waals surface area (Å²) in [6.07, 6.45) is -2.63. The molecule has 0 aliphatic carbocycles. The van der Waals surface area contributed by atoms with Crippen LogP contribution in [0.1, 0.15) is 42.3 Å². The van der Waals surface area contributed by atoms with Crippen molar-refractivity contribution < 1.29 is 35.9 Å². The monoisotopic (exact) mass is 572 g/mol. The third-order valence-electron chi connectivity index (χ3n) is 5.07. The molecule has 0 fully saturated rings. The number of amides is 1. The van der Waals surface area contributed by atoms with Crippen LogP contribution in [0.3, 0.4) is 0 Å². The van der Waals surface area contributed by atoms with E-state index >= 15 is 0 Å². The minimum atomic E-state index is -4.79. The molecule has 1 amide bonds. The number of sulfonamides is 1. The molecule has 2 N–H and O–H groups in total. The third kappa shape index (κ3) is 7.25. The number of anilines is 2. The first-order valence-corrected chi connectivity index (χ1v) is 13.1. The maximum atomic E-state index is 13.6. The van der Waals surface area contributed by atoms with E-state index in [-0.39, 0.29) is 33.9 Å². The number of aromatic nitrogens is 2. The van der Waals surface area contributed by atoms with Crippen molar-refractivity contribution in [1.82, 2.24) is 9.97 Å². The van der Waals surface area contributed by atoms with Crippen LogP contribution < -0.4 is 19.5 Å². The molecule has 0 saturated carbocycles. The molecule has 14 heteroatoms. The third-order valence-corrected chi connectivity index (χ3v) is 5.84. The maximum absolute atomic E-state index is 13.6. The number of alkyl halides is 3. The lowest BCUT2D eigenvalue weighted by Crippen LogP contribution is -2.18. The molecule has 0 radical (unpaired) electrons. The molecule has 38 heavy (non-hydrogen) atoms. The van der Waals surface area contributed by atoms with E-state index in [1.807, 2.05) is 20.8 Å². The van der Waals surface area contributed by atoms with Crippen molar-refractivity contribution in [1.29, 1.82) is 0 Å². The lowest BCUT2D eigenvalue weighted by molar-refractivity contribution is -0.138. The smallest absolute Gasteiger partial charge is 0.419 e. The van der Waals surface area contributed by atoms with Crippen molar-refractivity contribution in [2.75, 3.05) is 23.4 Å². The number of methoxy groups -OCH3 is 1. The molecule has 1 heterocycles. The fourth-order valence-corrected chi connectivity index (χ4v) is 4.01. The maximum Gasteiger partial charge on any atom is 0.419 e. The van der Waals surface area contributed by atoms with Crippen LogP contribution in [0.4, 0.5) is 24.5 Å². The molecule has 0 bridgehead atoms. The molecule has 1 aromatic heterocycles. The number of carbonyl (C=O) groups excluding carboxylic acids is 1. The summed E-state index contributed by atoms with van der Waals surface area (Å²) >= 11 is 5.70. The summed E-state index contributed by atoms with van der Waals surface area (Å²) in [5.74, 6) is -1.74. The Balaban J connectivity index is 2.07. The number of hydrogen-bond acceptors (Lipinski definition) is 7. The van der Waals surface area contributed by atoms with E-state index in [0.717, 1.165) is 18.4 Å². The van der Waals surface area contributed by atoms with E-state index in [1.165, 1.54) is 19.4 Å². The SMILES string of the molecule is COc1c(NC(=O)c2ccc(C(F)(F)F)c(Oc3ccnc(Cl)n3)c2)cc(C(C)(C)C)cc1NS(C)(=O)=O. The lowest BCUT2D eigenvalue weighted by atomic mass is 9.86. The molecule has 0 atom stereocenters. The normalized spacial score (nSPS) is 12.1. The molecule has 3 aromatic rings. The van der Waals surface area contributed by atoms with Crippen molar-refractivity contribution in [3.63, 3.8) is 0 Å². The molecule has 0 saturated heterocycles. The average Bonchev–Trinajstić information content (AvgIpc) is 2.76. The Morgan fingerprint density at radius 3 is 2.26 bits per heavy atom. The summed E-state index contributed by atoms with van der Waals surface area (Å²) in [4.78, 5) is 20.5. The van der Waals surface area contributed by atoms with Crippen LogP contribution in [0.25, 0.3) is 0 Å². The quantitative estimate of drug-likeness (QED) is 0.340. The summed E-state index contributed by atoms with van der Waals surface area (Å²) in [7, 11) is -2.43. The highest BCUT2D eigenvalue weighted by atomic mass is 35.5. The fraction of sp³-hybridized carbons (Fsp3) is 0.292. The highest BCUT2D eigenvalue weighted by Gasteiger charge is 2.35. The molecular formula is C24H24ClF3N4O5S. The van der Waals surface area contributed by atoms with Gasteiger partial charge in [0.2, 0.25) is 21.2 Å². The van der Waals surface area contributed by atoms with Gasteiger partial charge in [-0.2, -0.15) is 18.2 Å². The largest absolute Gasteiger partial charge is 0.492 e. The second kappa shape index (κ2) is 10.7. The summed E-state index contributed by atoms with van der Waals surface area (Å²) in [5.41, 5.74) is -0.967. The molecule has 204 valence electrons. The van der Waals surface area contributed by atoms with E-state index in [2.05, 4.69) is 20.0 Å². The Bertz CT molecular complexity index is 1470. The van der Waals surface area contributed by atoms with E-state index < -0.39 is 38.8 Å². The van der Waals surface area contributed by atoms with Crippen LogP contribution in [0, 0.1) is 0 Å². The fourth-order valence-electron chi connectivity index (χ4n) is 3.32. The standard InChI is InChI=1S/C24H24ClF3N4O5S/c1-23(2,3)14-11-16(20(36-4)17(12-14)32-38(5,34)35)30-21(33)13-6-7-15(24(26,27)28)18(10-13)37-19-8-9-29-22(25)31-19/h6-12,32H,1-5H3,(H,30,33). The molecule has 0 aliphatic rings. The van der Waals surface area contributed by atoms with Gasteiger partial charge in [-0.25, -0.2) is 13.4 Å². The summed E-state index contributed by atoms with van der Waals surface area (Å²) in [6.45, 7) is 5.64. The first-order chi connectivity index (χ1) is 17.5. The number of rotatable bonds is 7. The minimum Gasteiger partial charge on any atom is -0.492 e. The van der Waals surface area contributed by atoms with Crippen molar-refractivity contribution in [3.8, 4) is 17.4 Å². The zero-order valence-electron chi connectivity index (χ0n) is 20.9. The average molecular weight is 573 g/mol. The number of halogens is 4. The first-order valence-electron chi connectivity index (χ1n) is 10.9. The highest BCUT2D eigenvalue weighted by Crippen LogP contribution is 2.41. The van der Waals surface area contributed by atoms with Gasteiger partial charge in [-0.15, -0.1) is 0 Å². The molecule has 0 aliphatic heterocycles. The first kappa shape index (κ1) is 29.0. The Labute approximate surface area is 222 Å². The van der Waals surface area contributed by atoms with Gasteiger partial charge < -0.3 is 14.8 Å². The van der Waals surface area contributed by atoms with Crippen LogP contribution in [-0.4, -0.2) is 37.7 Å². The number of nitrogens with one attached hydrogen (secondary N) is 2. The summed E-state index contributed by atoms with van der Waals surface area (Å²) in [6, 6.07) is 6.96. The van der Waals surface area contributed by atoms with Gasteiger partial charge in [-0.1, -0.05) is 20.8 Å². The van der Waals surface area contributed by atoms with E-state index in [1.54, 1.807) is 12.1 Å². The molecule has 0 spiro atoms. The highest BCUT2D eigenvalue weighted by molar-refractivity contribution is 7.92. The van der Waals surface area contributed by atoms with Crippen molar-refractivity contribution in [2.24, 2.45) is 0 Å². The Kier molecular flexibility index (Phi) is 8.13. The zero-order chi connectivity index (χ0) is 28.5. The summed E-state index contributed by atoms with van der Waals surface area (Å²) in [5, 5.41) is 2.35. The Morgan fingerprint density at radius 2 is 1.71 bits per heavy atom. The van der Waals surface area contributed by atoms with Crippen LogP contribution >= 0.6 is 11.6 Å². The van der Waals surface area contributed by atoms with Gasteiger partial charge in [-0.05, 0) is 52.9 Å². The predicted octanol–water partition coefficient (Wildman–Crippen LogP) is 5.87. The van der Waals surface area contributed by atoms with Gasteiger partial charge >= 0.3 is 6.18 Å². The molecule has 2 aromatic carbocycles. The second-order valence-corrected chi connectivity index (χ2v) is 11.2. The lowest BCUT2D eigenvalue weighted by Gasteiger charge is -2.24. The minimum absolute atomic E-state index is 0.00999. The number of nitrogens with zero attached hydrogens (tertiary/aromatic N) is 2. The van der Waals surface area contributed by atoms with Crippen LogP contribution in [0.15, 0.2) is 42.6 Å². The molecule has 9 nitrogen and oxygen atoms in total. The van der Waals surface area contributed by atoms with Gasteiger partial charge in [0.25, 0.3) is 5.91 Å². The molecule has 0 unspecified atom stereocenters. The number of hydrogen-bond donors (Lipinski definition) is 2. The second-order valence-electron chi connectivity index (χ2n) is 9.16. The number of ether oxygens (including phenoxy) is 2. The number of benzene rings is 2. The van der Waals surface area contributed by atoms with E-state index in [0.29, 0.717) is 11.6 Å². The van der Waals surface area contributed by atoms with Crippen molar-refractivity contribution in [2.45, 2.75) is 32.4 Å². The Hall–Kier alpha value is -3.58. The van der Waals surface area contributed by atoms with Crippen molar-refractivity contribution in [3.05, 3.63) is 64.6 Å². The molecule has 3 rings (SSSR count). The van der Waals surface area contributed by atoms with Gasteiger partial charge in [0, 0.05) is 17.8 Å². The van der Waals surface area contributed by atoms with Gasteiger partial charge in [-0.3, -0.25) is 9.52 Å². The van der Waals surface area contributed by atoms with Crippen LogP contribution in [0.2, 0.25) is 5.28 Å². The Morgan fingerprint density at radius 1 is 1.05 bits per heavy atom. The summed E-state index contributed by atoms with van der Waals surface area (Å²) < 4.78 is 77.8. The van der Waals surface area contributed by atoms with E-state index in [4.69, 9.17) is 21.1 Å². The number of carbonyl (C=O) groups is 1. The molecular weight excluding hydrogens is 549 g/mol. The van der Waals surface area contributed by atoms with Gasteiger partial charge in [0.1, 0.15) is 5.75 Å². The van der Waals surface area contributed by atoms with Crippen LogP contribution in [0.5, 0.6) is 17.4 Å². The zero-order valence-corrected chi connectivity index (χ0v) is 22.5. The van der Waals surface area contributed by atoms with Gasteiger partial charge in [0.15, 0.2) is 5.75 Å². The topological polar surface area (TPSA) is 120 Å². The van der Waals surface area contributed by atoms with Crippen LogP contribution in [-0.2, 0) is 21.6 Å². The van der Waals surface area contributed by atoms with Gasteiger partial charge in [0.05, 0.1) is 30.3 Å².